The van der Waals surface area contributed by atoms with Crippen LogP contribution in [-0.2, 0) is 6.54 Å². The van der Waals surface area contributed by atoms with Gasteiger partial charge in [-0.3, -0.25) is 0 Å². The zero-order valence-corrected chi connectivity index (χ0v) is 36.5. The Morgan fingerprint density at radius 2 is 0.500 bits per heavy atom. The third-order valence-corrected chi connectivity index (χ3v) is 12.6. The molecule has 1 heterocycles. The molecule has 0 amide bonds. The molecule has 0 aliphatic carbocycles. The van der Waals surface area contributed by atoms with Gasteiger partial charge in [0.05, 0.1) is 0 Å². The van der Waals surface area contributed by atoms with Gasteiger partial charge in [0.25, 0.3) is 0 Å². The average Bonchev–Trinajstić information content (AvgIpc) is 3.17. The van der Waals surface area contributed by atoms with Crippen molar-refractivity contribution >= 4 is 0 Å². The van der Waals surface area contributed by atoms with Crippen LogP contribution in [0.2, 0.25) is 0 Å². The van der Waals surface area contributed by atoms with E-state index in [1.165, 1.54) is 270 Å². The van der Waals surface area contributed by atoms with Crippen molar-refractivity contribution in [2.24, 2.45) is 5.41 Å². The molecule has 0 aliphatic rings. The van der Waals surface area contributed by atoms with E-state index in [2.05, 4.69) is 55.9 Å². The van der Waals surface area contributed by atoms with Gasteiger partial charge in [-0.1, -0.05) is 264 Å². The molecule has 306 valence electrons. The third kappa shape index (κ3) is 32.6. The van der Waals surface area contributed by atoms with Gasteiger partial charge in [0.15, 0.2) is 12.4 Å². The Morgan fingerprint density at radius 3 is 0.750 bits per heavy atom. The van der Waals surface area contributed by atoms with E-state index in [1.54, 1.807) is 0 Å². The van der Waals surface area contributed by atoms with Gasteiger partial charge >= 0.3 is 0 Å². The van der Waals surface area contributed by atoms with Gasteiger partial charge in [-0.05, 0) is 24.7 Å². The van der Waals surface area contributed by atoms with Crippen LogP contribution in [0.4, 0.5) is 0 Å². The molecular weight excluding hydrogens is 627 g/mol. The summed E-state index contributed by atoms with van der Waals surface area (Å²) in [5, 5.41) is 0. The number of hydrogen-bond donors (Lipinski definition) is 0. The molecule has 0 atom stereocenters. The number of nitrogens with zero attached hydrogens (tertiary/aromatic N) is 1. The fourth-order valence-corrected chi connectivity index (χ4v) is 8.90. The summed E-state index contributed by atoms with van der Waals surface area (Å²) in [5.74, 6) is 0. The van der Waals surface area contributed by atoms with Crippen molar-refractivity contribution in [2.75, 3.05) is 0 Å². The molecule has 0 aliphatic heterocycles. The van der Waals surface area contributed by atoms with Crippen molar-refractivity contribution in [3.8, 4) is 0 Å². The molecule has 0 spiro atoms. The minimum absolute atomic E-state index is 0.557. The molecule has 0 N–H and O–H groups in total. The van der Waals surface area contributed by atoms with Crippen LogP contribution in [0.5, 0.6) is 0 Å². The molecule has 0 radical (unpaired) electrons. The monoisotopic (exact) mass is 725 g/mol. The van der Waals surface area contributed by atoms with Crippen LogP contribution in [-0.4, -0.2) is 0 Å². The zero-order valence-electron chi connectivity index (χ0n) is 36.5. The highest BCUT2D eigenvalue weighted by atomic mass is 14.9. The van der Waals surface area contributed by atoms with Crippen molar-refractivity contribution in [1.29, 1.82) is 0 Å². The Bertz CT molecular complexity index is 750. The molecule has 0 saturated heterocycles. The molecular formula is C51H98N+. The first-order valence-corrected chi connectivity index (χ1v) is 24.7. The third-order valence-electron chi connectivity index (χ3n) is 12.6. The van der Waals surface area contributed by atoms with Gasteiger partial charge in [-0.25, -0.2) is 4.57 Å². The molecule has 1 nitrogen and oxygen atoms in total. The van der Waals surface area contributed by atoms with Gasteiger partial charge in [-0.2, -0.15) is 0 Å². The fourth-order valence-electron chi connectivity index (χ4n) is 8.90. The fraction of sp³-hybridized carbons (Fsp3) is 0.902. The van der Waals surface area contributed by atoms with E-state index in [4.69, 9.17) is 0 Å². The van der Waals surface area contributed by atoms with Gasteiger partial charge in [0.1, 0.15) is 6.54 Å². The Hall–Kier alpha value is -0.850. The van der Waals surface area contributed by atoms with Gasteiger partial charge in [0, 0.05) is 18.6 Å². The van der Waals surface area contributed by atoms with E-state index >= 15 is 0 Å². The predicted octanol–water partition coefficient (Wildman–Crippen LogP) is 18.0. The van der Waals surface area contributed by atoms with Crippen molar-refractivity contribution in [1.82, 2.24) is 0 Å². The maximum absolute atomic E-state index is 2.47. The lowest BCUT2D eigenvalue weighted by Gasteiger charge is -2.34. The summed E-state index contributed by atoms with van der Waals surface area (Å²) < 4.78 is 2.47. The zero-order chi connectivity index (χ0) is 37.3. The second-order valence-corrected chi connectivity index (χ2v) is 17.6. The van der Waals surface area contributed by atoms with Crippen molar-refractivity contribution in [3.63, 3.8) is 0 Å². The van der Waals surface area contributed by atoms with E-state index in [0.29, 0.717) is 5.41 Å². The highest BCUT2D eigenvalue weighted by molar-refractivity contribution is 4.84. The minimum Gasteiger partial charge on any atom is -0.205 e. The molecule has 52 heavy (non-hydrogen) atoms. The molecule has 0 bridgehead atoms. The lowest BCUT2D eigenvalue weighted by Crippen LogP contribution is -2.36. The number of aromatic nitrogens is 1. The number of hydrogen-bond acceptors (Lipinski definition) is 0. The van der Waals surface area contributed by atoms with Gasteiger partial charge in [0.2, 0.25) is 0 Å². The number of unbranched alkanes of at least 4 members (excludes halogenated alkanes) is 34. The van der Waals surface area contributed by atoms with Crippen LogP contribution in [0.1, 0.15) is 284 Å². The SMILES string of the molecule is CCCCCCCCCCCCCCCCCCC(CCCCCCC)(CCCCCCCCCCCCCCCCCC)CC[n+]1ccccc1. The van der Waals surface area contributed by atoms with E-state index < -0.39 is 0 Å². The first-order valence-electron chi connectivity index (χ1n) is 24.7. The predicted molar refractivity (Wildman–Crippen MR) is 235 cm³/mol. The van der Waals surface area contributed by atoms with Crippen LogP contribution < -0.4 is 4.57 Å². The maximum atomic E-state index is 2.47. The summed E-state index contributed by atoms with van der Waals surface area (Å²) in [7, 11) is 0. The second-order valence-electron chi connectivity index (χ2n) is 17.6. The molecule has 1 aromatic heterocycles. The number of aryl methyl sites for hydroxylation is 1. The van der Waals surface area contributed by atoms with Crippen LogP contribution >= 0.6 is 0 Å². The molecule has 0 aromatic carbocycles. The van der Waals surface area contributed by atoms with Crippen molar-refractivity contribution in [2.45, 2.75) is 291 Å². The van der Waals surface area contributed by atoms with Crippen molar-refractivity contribution < 1.29 is 4.57 Å². The Labute approximate surface area is 330 Å². The summed E-state index contributed by atoms with van der Waals surface area (Å²) >= 11 is 0. The maximum Gasteiger partial charge on any atom is 0.168 e. The lowest BCUT2D eigenvalue weighted by molar-refractivity contribution is -0.699. The smallest absolute Gasteiger partial charge is 0.168 e. The van der Waals surface area contributed by atoms with Gasteiger partial charge < -0.3 is 0 Å². The Balaban J connectivity index is 2.37. The molecule has 1 rings (SSSR count). The molecule has 1 heteroatoms. The molecule has 0 saturated carbocycles. The van der Waals surface area contributed by atoms with E-state index in [1.807, 2.05) is 0 Å². The summed E-state index contributed by atoms with van der Waals surface area (Å²) in [4.78, 5) is 0. The molecule has 0 fully saturated rings. The molecule has 0 unspecified atom stereocenters. The summed E-state index contributed by atoms with van der Waals surface area (Å²) in [6, 6.07) is 6.61. The highest BCUT2D eigenvalue weighted by Gasteiger charge is 2.30. The van der Waals surface area contributed by atoms with E-state index in [-0.39, 0.29) is 0 Å². The Kier molecular flexibility index (Phi) is 37.7. The number of rotatable bonds is 43. The normalized spacial score (nSPS) is 11.9. The Morgan fingerprint density at radius 1 is 0.269 bits per heavy atom. The minimum atomic E-state index is 0.557. The van der Waals surface area contributed by atoms with Crippen LogP contribution in [0, 0.1) is 5.41 Å². The van der Waals surface area contributed by atoms with E-state index in [0.717, 1.165) is 0 Å². The van der Waals surface area contributed by atoms with Crippen LogP contribution in [0.3, 0.4) is 0 Å². The first-order chi connectivity index (χ1) is 25.8. The molecule has 1 aromatic rings. The number of pyridine rings is 1. The average molecular weight is 725 g/mol. The lowest BCUT2D eigenvalue weighted by atomic mass is 9.71. The summed E-state index contributed by atoms with van der Waals surface area (Å²) in [6.07, 6.45) is 64.4. The standard InChI is InChI=1S/C51H98N/c1-4-7-10-13-15-17-19-21-23-25-27-29-31-33-36-40-45-51(44-39-35-12-9-6-3,47-50-52-48-42-38-43-49-52)46-41-37-34-32-30-28-26-24-22-20-18-16-14-11-8-5-2/h38,42-43,48-49H,4-37,39-41,44-47,50H2,1-3H3/q+1. The topological polar surface area (TPSA) is 3.88 Å². The highest BCUT2D eigenvalue weighted by Crippen LogP contribution is 2.41. The van der Waals surface area contributed by atoms with Gasteiger partial charge in [-0.15, -0.1) is 0 Å². The second kappa shape index (κ2) is 39.8. The van der Waals surface area contributed by atoms with Crippen LogP contribution in [0.25, 0.3) is 0 Å². The van der Waals surface area contributed by atoms with E-state index in [9.17, 15) is 0 Å². The summed E-state index contributed by atoms with van der Waals surface area (Å²) in [6.45, 7) is 8.19. The first kappa shape index (κ1) is 49.2. The van der Waals surface area contributed by atoms with Crippen molar-refractivity contribution in [3.05, 3.63) is 30.6 Å². The van der Waals surface area contributed by atoms with Crippen LogP contribution in [0.15, 0.2) is 30.6 Å². The quantitative estimate of drug-likeness (QED) is 0.0466. The largest absolute Gasteiger partial charge is 0.205 e. The summed E-state index contributed by atoms with van der Waals surface area (Å²) in [5.41, 5.74) is 0.557.